The summed E-state index contributed by atoms with van der Waals surface area (Å²) in [7, 11) is -1.76. The Hall–Kier alpha value is -0.740. The lowest BCUT2D eigenvalue weighted by Gasteiger charge is -2.03. The third-order valence-electron chi connectivity index (χ3n) is 2.47. The van der Waals surface area contributed by atoms with Gasteiger partial charge in [0.1, 0.15) is 10.7 Å². The second-order valence-corrected chi connectivity index (χ2v) is 8.32. The molecule has 0 saturated carbocycles. The molecule has 0 aromatic carbocycles. The summed E-state index contributed by atoms with van der Waals surface area (Å²) in [6.07, 6.45) is 0. The van der Waals surface area contributed by atoms with Gasteiger partial charge in [0.2, 0.25) is 10.0 Å². The van der Waals surface area contributed by atoms with Gasteiger partial charge in [-0.25, -0.2) is 13.1 Å². The van der Waals surface area contributed by atoms with Crippen LogP contribution >= 0.6 is 27.3 Å². The first kappa shape index (κ1) is 15.6. The van der Waals surface area contributed by atoms with Crippen molar-refractivity contribution in [1.29, 1.82) is 0 Å². The predicted molar refractivity (Wildman–Crippen MR) is 80.0 cm³/mol. The van der Waals surface area contributed by atoms with Crippen molar-refractivity contribution in [2.75, 3.05) is 7.05 Å². The van der Waals surface area contributed by atoms with Gasteiger partial charge in [-0.3, -0.25) is 0 Å². The minimum atomic E-state index is -3.57. The number of sulfonamides is 1. The number of hydrogen-bond donors (Lipinski definition) is 2. The van der Waals surface area contributed by atoms with Gasteiger partial charge < -0.3 is 9.84 Å². The number of aromatic nitrogens is 1. The van der Waals surface area contributed by atoms with E-state index in [1.165, 1.54) is 11.3 Å². The topological polar surface area (TPSA) is 84.2 Å². The third kappa shape index (κ3) is 3.67. The molecule has 2 N–H and O–H groups in total. The SMILES string of the molecule is CNCc1cc(S(=O)(=O)NCc2cc(C)on2)c(Br)s1. The quantitative estimate of drug-likeness (QED) is 0.801. The fraction of sp³-hybridized carbons (Fsp3) is 0.364. The van der Waals surface area contributed by atoms with Crippen molar-refractivity contribution in [2.45, 2.75) is 24.9 Å². The molecule has 2 aromatic rings. The smallest absolute Gasteiger partial charge is 0.242 e. The Morgan fingerprint density at radius 3 is 2.75 bits per heavy atom. The average Bonchev–Trinajstić information content (AvgIpc) is 2.94. The molecule has 0 spiro atoms. The van der Waals surface area contributed by atoms with Crippen LogP contribution in [0.25, 0.3) is 0 Å². The van der Waals surface area contributed by atoms with Crippen LogP contribution in [0.15, 0.2) is 25.3 Å². The van der Waals surface area contributed by atoms with E-state index in [-0.39, 0.29) is 11.4 Å². The van der Waals surface area contributed by atoms with Crippen molar-refractivity contribution in [3.8, 4) is 0 Å². The predicted octanol–water partition coefficient (Wildman–Crippen LogP) is 2.00. The van der Waals surface area contributed by atoms with E-state index in [1.807, 2.05) is 7.05 Å². The molecule has 0 fully saturated rings. The molecule has 0 aliphatic carbocycles. The van der Waals surface area contributed by atoms with E-state index in [1.54, 1.807) is 19.1 Å². The maximum absolute atomic E-state index is 12.2. The lowest BCUT2D eigenvalue weighted by Crippen LogP contribution is -2.23. The van der Waals surface area contributed by atoms with Crippen LogP contribution in [0.1, 0.15) is 16.3 Å². The normalized spacial score (nSPS) is 11.9. The van der Waals surface area contributed by atoms with Crippen LogP contribution in [-0.4, -0.2) is 20.6 Å². The zero-order valence-electron chi connectivity index (χ0n) is 10.9. The average molecular weight is 380 g/mol. The number of aryl methyl sites for hydroxylation is 1. The highest BCUT2D eigenvalue weighted by molar-refractivity contribution is 9.11. The minimum Gasteiger partial charge on any atom is -0.361 e. The van der Waals surface area contributed by atoms with E-state index in [2.05, 4.69) is 31.1 Å². The second kappa shape index (κ2) is 6.35. The molecule has 2 heterocycles. The van der Waals surface area contributed by atoms with E-state index in [0.717, 1.165) is 4.88 Å². The summed E-state index contributed by atoms with van der Waals surface area (Å²) in [5.74, 6) is 0.646. The van der Waals surface area contributed by atoms with E-state index in [0.29, 0.717) is 21.8 Å². The van der Waals surface area contributed by atoms with E-state index >= 15 is 0 Å². The molecule has 0 radical (unpaired) electrons. The number of halogens is 1. The number of thiophene rings is 1. The summed E-state index contributed by atoms with van der Waals surface area (Å²) in [4.78, 5) is 1.19. The molecule has 6 nitrogen and oxygen atoms in total. The first-order valence-corrected chi connectivity index (χ1v) is 8.86. The Bertz CT molecular complexity index is 694. The highest BCUT2D eigenvalue weighted by Gasteiger charge is 2.21. The van der Waals surface area contributed by atoms with Gasteiger partial charge >= 0.3 is 0 Å². The number of nitrogens with zero attached hydrogens (tertiary/aromatic N) is 1. The van der Waals surface area contributed by atoms with Crippen LogP contribution in [0.2, 0.25) is 0 Å². The summed E-state index contributed by atoms with van der Waals surface area (Å²) in [6.45, 7) is 2.48. The highest BCUT2D eigenvalue weighted by Crippen LogP contribution is 2.31. The minimum absolute atomic E-state index is 0.101. The van der Waals surface area contributed by atoms with Crippen molar-refractivity contribution >= 4 is 37.3 Å². The Balaban J connectivity index is 2.13. The number of nitrogens with one attached hydrogen (secondary N) is 2. The van der Waals surface area contributed by atoms with Gasteiger partial charge in [-0.15, -0.1) is 11.3 Å². The summed E-state index contributed by atoms with van der Waals surface area (Å²) >= 11 is 4.68. The molecule has 0 amide bonds. The molecule has 0 saturated heterocycles. The third-order valence-corrected chi connectivity index (χ3v) is 6.12. The first-order chi connectivity index (χ1) is 9.42. The van der Waals surface area contributed by atoms with Crippen LogP contribution in [0, 0.1) is 6.92 Å². The van der Waals surface area contributed by atoms with Gasteiger partial charge in [0.15, 0.2) is 0 Å². The molecule has 2 aromatic heterocycles. The molecule has 0 aliphatic heterocycles. The first-order valence-electron chi connectivity index (χ1n) is 5.77. The van der Waals surface area contributed by atoms with Gasteiger partial charge in [-0.2, -0.15) is 0 Å². The summed E-state index contributed by atoms with van der Waals surface area (Å²) in [6, 6.07) is 3.35. The lowest BCUT2D eigenvalue weighted by atomic mass is 10.4. The molecular weight excluding hydrogens is 366 g/mol. The molecule has 9 heteroatoms. The van der Waals surface area contributed by atoms with Gasteiger partial charge in [0.05, 0.1) is 16.0 Å². The van der Waals surface area contributed by atoms with Crippen molar-refractivity contribution in [2.24, 2.45) is 0 Å². The Kier molecular flexibility index (Phi) is 4.97. The van der Waals surface area contributed by atoms with E-state index in [4.69, 9.17) is 4.52 Å². The number of rotatable bonds is 6. The van der Waals surface area contributed by atoms with Crippen LogP contribution in [-0.2, 0) is 23.1 Å². The Morgan fingerprint density at radius 1 is 1.40 bits per heavy atom. The monoisotopic (exact) mass is 379 g/mol. The standard InChI is InChI=1S/C11H14BrN3O3S2/c1-7-3-8(15-18-7)5-14-20(16,17)10-4-9(6-13-2)19-11(10)12/h3-4,13-14H,5-6H2,1-2H3. The van der Waals surface area contributed by atoms with Crippen molar-refractivity contribution in [3.05, 3.63) is 32.3 Å². The molecule has 2 rings (SSSR count). The molecule has 0 bridgehead atoms. The maximum Gasteiger partial charge on any atom is 0.242 e. The summed E-state index contributed by atoms with van der Waals surface area (Å²) in [5.41, 5.74) is 0.549. The van der Waals surface area contributed by atoms with E-state index in [9.17, 15) is 8.42 Å². The maximum atomic E-state index is 12.2. The largest absolute Gasteiger partial charge is 0.361 e. The van der Waals surface area contributed by atoms with Gasteiger partial charge in [-0.05, 0) is 36.0 Å². The fourth-order valence-electron chi connectivity index (χ4n) is 1.59. The fourth-order valence-corrected chi connectivity index (χ4v) is 5.28. The molecule has 110 valence electrons. The number of hydrogen-bond acceptors (Lipinski definition) is 6. The zero-order chi connectivity index (χ0) is 14.8. The van der Waals surface area contributed by atoms with Gasteiger partial charge in [-0.1, -0.05) is 5.16 Å². The lowest BCUT2D eigenvalue weighted by molar-refractivity contribution is 0.390. The van der Waals surface area contributed by atoms with Crippen molar-refractivity contribution < 1.29 is 12.9 Å². The Morgan fingerprint density at radius 2 is 2.15 bits per heavy atom. The molecule has 0 atom stereocenters. The molecule has 0 aliphatic rings. The van der Waals surface area contributed by atoms with Crippen LogP contribution in [0.3, 0.4) is 0 Å². The summed E-state index contributed by atoms with van der Waals surface area (Å²) in [5, 5.41) is 6.74. The molecular formula is C11H14BrN3O3S2. The molecule has 0 unspecified atom stereocenters. The van der Waals surface area contributed by atoms with Crippen LogP contribution < -0.4 is 10.0 Å². The van der Waals surface area contributed by atoms with E-state index < -0.39 is 10.0 Å². The zero-order valence-corrected chi connectivity index (χ0v) is 14.2. The Labute approximate surface area is 129 Å². The van der Waals surface area contributed by atoms with Gasteiger partial charge in [0.25, 0.3) is 0 Å². The highest BCUT2D eigenvalue weighted by atomic mass is 79.9. The van der Waals surface area contributed by atoms with Crippen molar-refractivity contribution in [3.63, 3.8) is 0 Å². The van der Waals surface area contributed by atoms with Gasteiger partial charge in [0, 0.05) is 17.5 Å². The van der Waals surface area contributed by atoms with Crippen LogP contribution in [0.5, 0.6) is 0 Å². The second-order valence-electron chi connectivity index (χ2n) is 4.13. The summed E-state index contributed by atoms with van der Waals surface area (Å²) < 4.78 is 32.5. The van der Waals surface area contributed by atoms with Crippen molar-refractivity contribution in [1.82, 2.24) is 15.2 Å². The van der Waals surface area contributed by atoms with Crippen LogP contribution in [0.4, 0.5) is 0 Å². The molecule has 20 heavy (non-hydrogen) atoms.